The van der Waals surface area contributed by atoms with Gasteiger partial charge in [-0.25, -0.2) is 0 Å². The summed E-state index contributed by atoms with van der Waals surface area (Å²) < 4.78 is 6.97. The molecule has 0 bridgehead atoms. The smallest absolute Gasteiger partial charge is 0.259 e. The second kappa shape index (κ2) is 6.12. The number of rotatable bonds is 3. The highest BCUT2D eigenvalue weighted by atomic mass is 16.5. The van der Waals surface area contributed by atoms with Crippen LogP contribution in [-0.2, 0) is 7.05 Å². The summed E-state index contributed by atoms with van der Waals surface area (Å²) in [6, 6.07) is 3.25. The number of hydrogen-bond donors (Lipinski definition) is 1. The molecule has 0 unspecified atom stereocenters. The van der Waals surface area contributed by atoms with Crippen LogP contribution in [0.1, 0.15) is 22.5 Å². The van der Waals surface area contributed by atoms with Crippen LogP contribution in [0.15, 0.2) is 35.4 Å². The van der Waals surface area contributed by atoms with Crippen molar-refractivity contribution in [2.75, 3.05) is 20.2 Å². The van der Waals surface area contributed by atoms with Gasteiger partial charge in [-0.1, -0.05) is 6.08 Å². The largest absolute Gasteiger partial charge is 0.496 e. The summed E-state index contributed by atoms with van der Waals surface area (Å²) in [7, 11) is 3.35. The molecule has 1 N–H and O–H groups in total. The molecule has 120 valence electrons. The van der Waals surface area contributed by atoms with Crippen molar-refractivity contribution in [1.82, 2.24) is 19.7 Å². The van der Waals surface area contributed by atoms with Gasteiger partial charge in [0.1, 0.15) is 5.75 Å². The molecule has 0 aliphatic carbocycles. The van der Waals surface area contributed by atoms with Crippen molar-refractivity contribution in [3.05, 3.63) is 52.2 Å². The molecule has 1 aliphatic heterocycles. The van der Waals surface area contributed by atoms with E-state index in [0.29, 0.717) is 24.4 Å². The highest BCUT2D eigenvalue weighted by molar-refractivity contribution is 5.97. The molecule has 23 heavy (non-hydrogen) atoms. The maximum Gasteiger partial charge on any atom is 0.259 e. The number of methoxy groups -OCH3 is 1. The molecule has 2 aromatic rings. The topological polar surface area (TPSA) is 80.2 Å². The van der Waals surface area contributed by atoms with Crippen molar-refractivity contribution in [2.24, 2.45) is 7.05 Å². The molecule has 3 rings (SSSR count). The number of aromatic amines is 1. The average molecular weight is 314 g/mol. The number of nitrogens with one attached hydrogen (secondary N) is 1. The third-order valence-corrected chi connectivity index (χ3v) is 3.98. The fraction of sp³-hybridized carbons (Fsp3) is 0.312. The first-order valence-corrected chi connectivity index (χ1v) is 7.33. The van der Waals surface area contributed by atoms with Crippen LogP contribution in [0.4, 0.5) is 0 Å². The Morgan fingerprint density at radius 2 is 2.26 bits per heavy atom. The van der Waals surface area contributed by atoms with E-state index >= 15 is 0 Å². The minimum absolute atomic E-state index is 0.154. The molecule has 0 spiro atoms. The second-order valence-corrected chi connectivity index (χ2v) is 5.35. The van der Waals surface area contributed by atoms with Crippen LogP contribution in [0.25, 0.3) is 5.57 Å². The summed E-state index contributed by atoms with van der Waals surface area (Å²) >= 11 is 0. The first kappa shape index (κ1) is 15.1. The maximum absolute atomic E-state index is 12.6. The fourth-order valence-electron chi connectivity index (χ4n) is 2.73. The van der Waals surface area contributed by atoms with Gasteiger partial charge in [-0.2, -0.15) is 5.10 Å². The molecule has 0 saturated carbocycles. The molecule has 0 radical (unpaired) electrons. The summed E-state index contributed by atoms with van der Waals surface area (Å²) in [4.78, 5) is 28.2. The van der Waals surface area contributed by atoms with Crippen LogP contribution < -0.4 is 10.3 Å². The van der Waals surface area contributed by atoms with E-state index in [0.717, 1.165) is 12.1 Å². The molecule has 1 aliphatic rings. The van der Waals surface area contributed by atoms with Crippen molar-refractivity contribution in [1.29, 1.82) is 0 Å². The molecular weight excluding hydrogens is 296 g/mol. The Bertz CT molecular complexity index is 819. The number of pyridine rings is 1. The van der Waals surface area contributed by atoms with Gasteiger partial charge in [0.25, 0.3) is 11.5 Å². The molecule has 1 amide bonds. The van der Waals surface area contributed by atoms with Crippen LogP contribution in [0, 0.1) is 0 Å². The van der Waals surface area contributed by atoms with Gasteiger partial charge in [0.05, 0.1) is 18.4 Å². The number of aromatic nitrogens is 3. The van der Waals surface area contributed by atoms with E-state index in [2.05, 4.69) is 10.1 Å². The molecular formula is C16H18N4O3. The Labute approximate surface area is 133 Å². The minimum Gasteiger partial charge on any atom is -0.496 e. The number of nitrogens with zero attached hydrogens (tertiary/aromatic N) is 3. The van der Waals surface area contributed by atoms with Gasteiger partial charge < -0.3 is 14.6 Å². The van der Waals surface area contributed by atoms with Crippen molar-refractivity contribution < 1.29 is 9.53 Å². The summed E-state index contributed by atoms with van der Waals surface area (Å²) in [6.07, 6.45) is 5.97. The van der Waals surface area contributed by atoms with E-state index in [1.54, 1.807) is 11.1 Å². The number of amides is 1. The zero-order valence-electron chi connectivity index (χ0n) is 13.1. The second-order valence-electron chi connectivity index (χ2n) is 5.35. The molecule has 7 nitrogen and oxygen atoms in total. The number of carbonyl (C=O) groups excluding carboxylic acids is 1. The van der Waals surface area contributed by atoms with E-state index < -0.39 is 0 Å². The Balaban J connectivity index is 1.80. The molecule has 3 heterocycles. The molecule has 0 atom stereocenters. The lowest BCUT2D eigenvalue weighted by molar-refractivity contribution is 0.0769. The summed E-state index contributed by atoms with van der Waals surface area (Å²) in [6.45, 7) is 1.12. The molecule has 0 saturated heterocycles. The van der Waals surface area contributed by atoms with Gasteiger partial charge in [-0.15, -0.1) is 0 Å². The monoisotopic (exact) mass is 314 g/mol. The highest BCUT2D eigenvalue weighted by Gasteiger charge is 2.23. The normalized spacial score (nSPS) is 14.5. The maximum atomic E-state index is 12.6. The van der Waals surface area contributed by atoms with Crippen LogP contribution >= 0.6 is 0 Å². The third kappa shape index (κ3) is 2.90. The van der Waals surface area contributed by atoms with E-state index in [-0.39, 0.29) is 11.5 Å². The van der Waals surface area contributed by atoms with Gasteiger partial charge in [0.2, 0.25) is 0 Å². The van der Waals surface area contributed by atoms with Gasteiger partial charge >= 0.3 is 0 Å². The molecule has 2 aromatic heterocycles. The van der Waals surface area contributed by atoms with Gasteiger partial charge in [0, 0.05) is 38.6 Å². The van der Waals surface area contributed by atoms with Gasteiger partial charge in [-0.05, 0) is 18.1 Å². The van der Waals surface area contributed by atoms with Gasteiger partial charge in [-0.3, -0.25) is 14.3 Å². The number of hydrogen-bond acceptors (Lipinski definition) is 4. The lowest BCUT2D eigenvalue weighted by Gasteiger charge is -2.27. The quantitative estimate of drug-likeness (QED) is 0.918. The van der Waals surface area contributed by atoms with Crippen molar-refractivity contribution >= 4 is 11.5 Å². The number of ether oxygens (including phenoxy) is 1. The number of aryl methyl sites for hydroxylation is 1. The first-order chi connectivity index (χ1) is 11.1. The minimum atomic E-state index is -0.296. The summed E-state index contributed by atoms with van der Waals surface area (Å²) in [5.74, 6) is 0.138. The van der Waals surface area contributed by atoms with Crippen LogP contribution in [0.2, 0.25) is 0 Å². The van der Waals surface area contributed by atoms with Crippen LogP contribution in [-0.4, -0.2) is 45.8 Å². The standard InChI is InChI=1S/C16H18N4O3/c1-19-13(3-6-18-19)11-4-7-20(8-5-11)16(22)12-10-17-15(21)9-14(12)23-2/h3-4,6,9-10H,5,7-8H2,1-2H3,(H,17,21). The Hall–Kier alpha value is -2.83. The van der Waals surface area contributed by atoms with Crippen LogP contribution in [0.3, 0.4) is 0 Å². The Morgan fingerprint density at radius 3 is 2.87 bits per heavy atom. The lowest BCUT2D eigenvalue weighted by Crippen LogP contribution is -2.35. The number of carbonyl (C=O) groups is 1. The first-order valence-electron chi connectivity index (χ1n) is 7.33. The SMILES string of the molecule is COc1cc(=O)[nH]cc1C(=O)N1CC=C(c2ccnn2C)CC1. The van der Waals surface area contributed by atoms with E-state index in [4.69, 9.17) is 4.74 Å². The molecule has 7 heteroatoms. The summed E-state index contributed by atoms with van der Waals surface area (Å²) in [5.41, 5.74) is 2.32. The zero-order chi connectivity index (χ0) is 16.4. The highest BCUT2D eigenvalue weighted by Crippen LogP contribution is 2.24. The molecule has 0 fully saturated rings. The van der Waals surface area contributed by atoms with E-state index in [1.807, 2.05) is 23.9 Å². The van der Waals surface area contributed by atoms with Crippen molar-refractivity contribution in [3.63, 3.8) is 0 Å². The average Bonchev–Trinajstić information content (AvgIpc) is 3.00. The van der Waals surface area contributed by atoms with Gasteiger partial charge in [0.15, 0.2) is 0 Å². The predicted molar refractivity (Wildman–Crippen MR) is 85.3 cm³/mol. The summed E-state index contributed by atoms with van der Waals surface area (Å²) in [5, 5.41) is 4.17. The lowest BCUT2D eigenvalue weighted by atomic mass is 10.0. The van der Waals surface area contributed by atoms with Crippen LogP contribution in [0.5, 0.6) is 5.75 Å². The predicted octanol–water partition coefficient (Wildman–Crippen LogP) is 1.05. The Kier molecular flexibility index (Phi) is 4.01. The fourth-order valence-corrected chi connectivity index (χ4v) is 2.73. The van der Waals surface area contributed by atoms with Crippen molar-refractivity contribution in [3.8, 4) is 5.75 Å². The number of H-pyrrole nitrogens is 1. The third-order valence-electron chi connectivity index (χ3n) is 3.98. The van der Waals surface area contributed by atoms with E-state index in [9.17, 15) is 9.59 Å². The molecule has 0 aromatic carbocycles. The Morgan fingerprint density at radius 1 is 1.43 bits per heavy atom. The van der Waals surface area contributed by atoms with E-state index in [1.165, 1.54) is 24.9 Å². The van der Waals surface area contributed by atoms with Crippen molar-refractivity contribution in [2.45, 2.75) is 6.42 Å². The zero-order valence-corrected chi connectivity index (χ0v) is 13.1.